The molecule has 0 unspecified atom stereocenters. The Morgan fingerprint density at radius 3 is 2.61 bits per heavy atom. The number of hydrogen-bond acceptors (Lipinski definition) is 5. The largest absolute Gasteiger partial charge is 0.367 e. The first-order valence-electron chi connectivity index (χ1n) is 12.3. The number of carbonyl (C=O) groups excluding carboxylic acids is 2. The third kappa shape index (κ3) is 6.33. The lowest BCUT2D eigenvalue weighted by Crippen LogP contribution is -2.34. The van der Waals surface area contributed by atoms with Gasteiger partial charge in [-0.05, 0) is 36.8 Å². The summed E-state index contributed by atoms with van der Waals surface area (Å²) < 4.78 is 1.98. The van der Waals surface area contributed by atoms with Crippen molar-refractivity contribution in [2.24, 2.45) is 5.92 Å². The van der Waals surface area contributed by atoms with E-state index in [4.69, 9.17) is 4.98 Å². The smallest absolute Gasteiger partial charge is 0.316 e. The van der Waals surface area contributed by atoms with Crippen LogP contribution in [0.5, 0.6) is 0 Å². The molecule has 0 radical (unpaired) electrons. The predicted molar refractivity (Wildman–Crippen MR) is 141 cm³/mol. The van der Waals surface area contributed by atoms with Crippen molar-refractivity contribution in [2.75, 3.05) is 32.5 Å². The van der Waals surface area contributed by atoms with Crippen molar-refractivity contribution in [3.8, 4) is 23.1 Å². The summed E-state index contributed by atoms with van der Waals surface area (Å²) in [5, 5.41) is 9.21. The van der Waals surface area contributed by atoms with Gasteiger partial charge in [-0.1, -0.05) is 31.9 Å². The van der Waals surface area contributed by atoms with Crippen molar-refractivity contribution in [3.05, 3.63) is 47.9 Å². The zero-order chi connectivity index (χ0) is 25.7. The molecule has 0 bridgehead atoms. The van der Waals surface area contributed by atoms with E-state index in [0.717, 1.165) is 30.6 Å². The molecule has 2 aromatic heterocycles. The van der Waals surface area contributed by atoms with Gasteiger partial charge in [0, 0.05) is 57.0 Å². The lowest BCUT2D eigenvalue weighted by atomic mass is 10.1. The number of anilines is 1. The van der Waals surface area contributed by atoms with Crippen LogP contribution in [0.25, 0.3) is 16.9 Å². The fraction of sp³-hybridized carbons (Fsp3) is 0.407. The van der Waals surface area contributed by atoms with E-state index in [1.807, 2.05) is 41.1 Å². The zero-order valence-corrected chi connectivity index (χ0v) is 21.3. The Balaban J connectivity index is 1.58. The molecule has 3 amide bonds. The SMILES string of the molecule is CC(C)CNc1nc(C#CCCNC(=O)N(C)C)cn2c(-c3ccc(C(=O)NC4CC4)cc3)cnc12. The van der Waals surface area contributed by atoms with Gasteiger partial charge in [0.1, 0.15) is 5.69 Å². The number of urea groups is 1. The minimum absolute atomic E-state index is 0.0362. The first-order valence-corrected chi connectivity index (χ1v) is 12.3. The van der Waals surface area contributed by atoms with Crippen molar-refractivity contribution in [2.45, 2.75) is 39.2 Å². The summed E-state index contributed by atoms with van der Waals surface area (Å²) in [4.78, 5) is 34.8. The molecule has 188 valence electrons. The highest BCUT2D eigenvalue weighted by Gasteiger charge is 2.23. The van der Waals surface area contributed by atoms with Crippen LogP contribution in [0.4, 0.5) is 10.6 Å². The maximum absolute atomic E-state index is 12.4. The topological polar surface area (TPSA) is 104 Å². The summed E-state index contributed by atoms with van der Waals surface area (Å²) in [6.45, 7) is 5.48. The number of amides is 3. The number of imidazole rings is 1. The molecule has 1 aromatic carbocycles. The second kappa shape index (κ2) is 11.1. The highest BCUT2D eigenvalue weighted by Crippen LogP contribution is 2.25. The summed E-state index contributed by atoms with van der Waals surface area (Å²) in [7, 11) is 3.40. The molecule has 36 heavy (non-hydrogen) atoms. The van der Waals surface area contributed by atoms with Crippen molar-refractivity contribution in [1.29, 1.82) is 0 Å². The minimum atomic E-state index is -0.143. The van der Waals surface area contributed by atoms with Crippen LogP contribution in [0, 0.1) is 17.8 Å². The summed E-state index contributed by atoms with van der Waals surface area (Å²) in [6.07, 6.45) is 6.31. The van der Waals surface area contributed by atoms with Crippen molar-refractivity contribution >= 4 is 23.4 Å². The van der Waals surface area contributed by atoms with Gasteiger partial charge in [0.25, 0.3) is 5.91 Å². The second-order valence-corrected chi connectivity index (χ2v) is 9.59. The predicted octanol–water partition coefficient (Wildman–Crippen LogP) is 3.37. The van der Waals surface area contributed by atoms with Crippen molar-refractivity contribution in [3.63, 3.8) is 0 Å². The standard InChI is InChI=1S/C27H33N7O2/c1-18(2)15-29-24-25-30-16-23(19-8-10-20(11-9-19)26(35)32-21-12-13-21)34(25)17-22(31-24)7-5-6-14-28-27(36)33(3)4/h8-11,16-18,21H,6,12-15H2,1-4H3,(H,28,36)(H,29,31)(H,32,35). The Bertz CT molecular complexity index is 1300. The normalized spacial score (nSPS) is 12.7. The lowest BCUT2D eigenvalue weighted by Gasteiger charge is -2.11. The molecule has 1 aliphatic rings. The average molecular weight is 488 g/mol. The fourth-order valence-electron chi connectivity index (χ4n) is 3.51. The average Bonchev–Trinajstić information content (AvgIpc) is 3.57. The molecule has 0 saturated heterocycles. The molecule has 0 aliphatic heterocycles. The van der Waals surface area contributed by atoms with Crippen molar-refractivity contribution in [1.82, 2.24) is 29.9 Å². The molecule has 3 aromatic rings. The van der Waals surface area contributed by atoms with Gasteiger partial charge >= 0.3 is 6.03 Å². The fourth-order valence-corrected chi connectivity index (χ4v) is 3.51. The van der Waals surface area contributed by atoms with Gasteiger partial charge in [-0.3, -0.25) is 9.20 Å². The quantitative estimate of drug-likeness (QED) is 0.334. The van der Waals surface area contributed by atoms with Gasteiger partial charge < -0.3 is 20.9 Å². The van der Waals surface area contributed by atoms with Gasteiger partial charge in [0.2, 0.25) is 0 Å². The second-order valence-electron chi connectivity index (χ2n) is 9.59. The molecule has 9 heteroatoms. The minimum Gasteiger partial charge on any atom is -0.367 e. The van der Waals surface area contributed by atoms with Crippen LogP contribution in [0.15, 0.2) is 36.7 Å². The Hall–Kier alpha value is -4.06. The van der Waals surface area contributed by atoms with Crippen LogP contribution in [-0.4, -0.2) is 64.4 Å². The number of benzene rings is 1. The number of nitrogens with zero attached hydrogens (tertiary/aromatic N) is 4. The molecule has 1 aliphatic carbocycles. The molecule has 3 N–H and O–H groups in total. The van der Waals surface area contributed by atoms with Crippen LogP contribution in [0.3, 0.4) is 0 Å². The lowest BCUT2D eigenvalue weighted by molar-refractivity contribution is 0.0951. The summed E-state index contributed by atoms with van der Waals surface area (Å²) in [5.74, 6) is 7.28. The molecule has 4 rings (SSSR count). The molecule has 9 nitrogen and oxygen atoms in total. The molecular weight excluding hydrogens is 454 g/mol. The van der Waals surface area contributed by atoms with E-state index in [1.165, 1.54) is 4.90 Å². The van der Waals surface area contributed by atoms with Crippen LogP contribution in [-0.2, 0) is 0 Å². The summed E-state index contributed by atoms with van der Waals surface area (Å²) >= 11 is 0. The summed E-state index contributed by atoms with van der Waals surface area (Å²) in [5.41, 5.74) is 3.79. The van der Waals surface area contributed by atoms with Crippen molar-refractivity contribution < 1.29 is 9.59 Å². The molecule has 0 spiro atoms. The van der Waals surface area contributed by atoms with E-state index < -0.39 is 0 Å². The van der Waals surface area contributed by atoms with Gasteiger partial charge in [0.05, 0.1) is 11.9 Å². The number of hydrogen-bond donors (Lipinski definition) is 3. The molecule has 2 heterocycles. The third-order valence-corrected chi connectivity index (χ3v) is 5.67. The van der Waals surface area contributed by atoms with Crippen LogP contribution in [0.1, 0.15) is 49.2 Å². The maximum atomic E-state index is 12.4. The maximum Gasteiger partial charge on any atom is 0.316 e. The molecular formula is C27H33N7O2. The number of rotatable bonds is 8. The van der Waals surface area contributed by atoms with E-state index in [0.29, 0.717) is 47.6 Å². The van der Waals surface area contributed by atoms with E-state index in [9.17, 15) is 9.59 Å². The first-order chi connectivity index (χ1) is 17.3. The van der Waals surface area contributed by atoms with Gasteiger partial charge in [0.15, 0.2) is 11.5 Å². The number of carbonyl (C=O) groups is 2. The highest BCUT2D eigenvalue weighted by atomic mass is 16.2. The van der Waals surface area contributed by atoms with Crippen LogP contribution < -0.4 is 16.0 Å². The Labute approximate surface area is 211 Å². The van der Waals surface area contributed by atoms with E-state index in [-0.39, 0.29) is 11.9 Å². The molecule has 1 fully saturated rings. The number of fused-ring (bicyclic) bond motifs is 1. The number of aromatic nitrogens is 3. The van der Waals surface area contributed by atoms with E-state index in [2.05, 4.69) is 46.6 Å². The van der Waals surface area contributed by atoms with E-state index in [1.54, 1.807) is 14.1 Å². The Morgan fingerprint density at radius 1 is 1.19 bits per heavy atom. The molecule has 1 saturated carbocycles. The monoisotopic (exact) mass is 487 g/mol. The van der Waals surface area contributed by atoms with Gasteiger partial charge in [-0.2, -0.15) is 0 Å². The molecule has 0 atom stereocenters. The first kappa shape index (κ1) is 25.0. The zero-order valence-electron chi connectivity index (χ0n) is 21.3. The van der Waals surface area contributed by atoms with Gasteiger partial charge in [-0.15, -0.1) is 0 Å². The van der Waals surface area contributed by atoms with Crippen LogP contribution >= 0.6 is 0 Å². The van der Waals surface area contributed by atoms with E-state index >= 15 is 0 Å². The Kier molecular flexibility index (Phi) is 7.74. The summed E-state index contributed by atoms with van der Waals surface area (Å²) in [6, 6.07) is 7.74. The third-order valence-electron chi connectivity index (χ3n) is 5.67. The van der Waals surface area contributed by atoms with Crippen LogP contribution in [0.2, 0.25) is 0 Å². The highest BCUT2D eigenvalue weighted by molar-refractivity contribution is 5.95. The number of nitrogens with one attached hydrogen (secondary N) is 3. The Morgan fingerprint density at radius 2 is 1.94 bits per heavy atom. The van der Waals surface area contributed by atoms with Gasteiger partial charge in [-0.25, -0.2) is 14.8 Å².